The van der Waals surface area contributed by atoms with Gasteiger partial charge in [-0.3, -0.25) is 9.89 Å². The first kappa shape index (κ1) is 11.1. The Morgan fingerprint density at radius 1 is 1.60 bits per heavy atom. The highest BCUT2D eigenvalue weighted by atomic mass is 16.4. The Labute approximate surface area is 84.3 Å². The van der Waals surface area contributed by atoms with E-state index in [9.17, 15) is 9.59 Å². The molecule has 1 aromatic rings. The van der Waals surface area contributed by atoms with Gasteiger partial charge in [-0.05, 0) is 6.92 Å². The number of aliphatic hydroxyl groups is 1. The first-order chi connectivity index (χ1) is 7.00. The minimum absolute atomic E-state index is 0.0925. The van der Waals surface area contributed by atoms with E-state index in [4.69, 9.17) is 10.2 Å². The zero-order valence-corrected chi connectivity index (χ0v) is 7.89. The lowest BCUT2D eigenvalue weighted by atomic mass is 10.3. The van der Waals surface area contributed by atoms with Crippen molar-refractivity contribution in [1.82, 2.24) is 20.5 Å². The molecule has 0 aromatic carbocycles. The molecule has 1 rings (SSSR count). The van der Waals surface area contributed by atoms with Crippen LogP contribution >= 0.6 is 0 Å². The van der Waals surface area contributed by atoms with Gasteiger partial charge in [0.25, 0.3) is 5.91 Å². The smallest absolute Gasteiger partial charge is 0.334 e. The van der Waals surface area contributed by atoms with Gasteiger partial charge in [0.1, 0.15) is 5.82 Å². The number of aromatic nitrogens is 3. The van der Waals surface area contributed by atoms with Crippen molar-refractivity contribution in [2.75, 3.05) is 6.54 Å². The monoisotopic (exact) mass is 214 g/mol. The Kier molecular flexibility index (Phi) is 3.34. The molecule has 1 atom stereocenters. The van der Waals surface area contributed by atoms with Crippen LogP contribution in [0.4, 0.5) is 0 Å². The number of carboxylic acids is 1. The molecule has 8 nitrogen and oxygen atoms in total. The van der Waals surface area contributed by atoms with Crippen LogP contribution in [-0.2, 0) is 4.79 Å². The van der Waals surface area contributed by atoms with Gasteiger partial charge in [-0.2, -0.15) is 0 Å². The molecule has 15 heavy (non-hydrogen) atoms. The van der Waals surface area contributed by atoms with Crippen molar-refractivity contribution in [3.63, 3.8) is 0 Å². The van der Waals surface area contributed by atoms with Gasteiger partial charge >= 0.3 is 5.97 Å². The third-order valence-corrected chi connectivity index (χ3v) is 1.54. The predicted octanol–water partition coefficient (Wildman–Crippen LogP) is -1.71. The summed E-state index contributed by atoms with van der Waals surface area (Å²) in [5.74, 6) is -1.66. The summed E-state index contributed by atoms with van der Waals surface area (Å²) in [6.45, 7) is 1.23. The van der Waals surface area contributed by atoms with E-state index in [0.717, 1.165) is 0 Å². The lowest BCUT2D eigenvalue weighted by Crippen LogP contribution is -2.36. The average Bonchev–Trinajstić information content (AvgIpc) is 2.60. The first-order valence-electron chi connectivity index (χ1n) is 4.08. The van der Waals surface area contributed by atoms with Crippen molar-refractivity contribution in [3.8, 4) is 0 Å². The fourth-order valence-corrected chi connectivity index (χ4v) is 0.800. The van der Waals surface area contributed by atoms with Gasteiger partial charge in [-0.25, -0.2) is 9.78 Å². The maximum atomic E-state index is 11.2. The number of aliphatic carboxylic acids is 1. The molecule has 0 bridgehead atoms. The van der Waals surface area contributed by atoms with E-state index < -0.39 is 18.0 Å². The van der Waals surface area contributed by atoms with Crippen LogP contribution in [0.15, 0.2) is 0 Å². The third kappa shape index (κ3) is 3.02. The highest BCUT2D eigenvalue weighted by molar-refractivity contribution is 5.90. The molecule has 0 radical (unpaired) electrons. The maximum Gasteiger partial charge on any atom is 0.334 e. The van der Waals surface area contributed by atoms with E-state index in [1.807, 2.05) is 0 Å². The summed E-state index contributed by atoms with van der Waals surface area (Å²) in [4.78, 5) is 25.2. The van der Waals surface area contributed by atoms with Crippen molar-refractivity contribution >= 4 is 11.9 Å². The quantitative estimate of drug-likeness (QED) is 0.472. The van der Waals surface area contributed by atoms with Crippen LogP contribution in [0, 0.1) is 6.92 Å². The average molecular weight is 214 g/mol. The summed E-state index contributed by atoms with van der Waals surface area (Å²) in [5, 5.41) is 25.4. The molecule has 0 aliphatic heterocycles. The highest BCUT2D eigenvalue weighted by Gasteiger charge is 2.16. The maximum absolute atomic E-state index is 11.2. The van der Waals surface area contributed by atoms with E-state index in [1.165, 1.54) is 0 Å². The Bertz CT molecular complexity index is 375. The summed E-state index contributed by atoms with van der Waals surface area (Å²) in [5.41, 5.74) is 0. The number of rotatable bonds is 4. The molecule has 4 N–H and O–H groups in total. The predicted molar refractivity (Wildman–Crippen MR) is 47.1 cm³/mol. The van der Waals surface area contributed by atoms with Crippen LogP contribution in [0.25, 0.3) is 0 Å². The van der Waals surface area contributed by atoms with Crippen LogP contribution in [0.3, 0.4) is 0 Å². The number of carbonyl (C=O) groups excluding carboxylic acids is 1. The van der Waals surface area contributed by atoms with E-state index in [0.29, 0.717) is 5.82 Å². The number of aromatic amines is 1. The van der Waals surface area contributed by atoms with Gasteiger partial charge in [0.2, 0.25) is 5.82 Å². The van der Waals surface area contributed by atoms with Crippen molar-refractivity contribution in [2.24, 2.45) is 0 Å². The molecular formula is C7H10N4O4. The van der Waals surface area contributed by atoms with E-state index >= 15 is 0 Å². The van der Waals surface area contributed by atoms with Gasteiger partial charge in [0.05, 0.1) is 6.54 Å². The summed E-state index contributed by atoms with van der Waals surface area (Å²) in [6.07, 6.45) is -1.63. The zero-order chi connectivity index (χ0) is 11.4. The topological polar surface area (TPSA) is 128 Å². The second-order valence-corrected chi connectivity index (χ2v) is 2.81. The fraction of sp³-hybridized carbons (Fsp3) is 0.429. The van der Waals surface area contributed by atoms with Crippen molar-refractivity contribution in [2.45, 2.75) is 13.0 Å². The van der Waals surface area contributed by atoms with Crippen LogP contribution < -0.4 is 5.32 Å². The number of aliphatic hydroxyl groups excluding tert-OH is 1. The van der Waals surface area contributed by atoms with Gasteiger partial charge < -0.3 is 15.5 Å². The molecular weight excluding hydrogens is 204 g/mol. The van der Waals surface area contributed by atoms with Crippen LogP contribution in [-0.4, -0.2) is 49.9 Å². The van der Waals surface area contributed by atoms with Gasteiger partial charge in [-0.15, -0.1) is 5.10 Å². The van der Waals surface area contributed by atoms with E-state index in [-0.39, 0.29) is 12.4 Å². The number of amides is 1. The minimum atomic E-state index is -1.63. The molecule has 8 heteroatoms. The fourth-order valence-electron chi connectivity index (χ4n) is 0.800. The largest absolute Gasteiger partial charge is 0.479 e. The zero-order valence-electron chi connectivity index (χ0n) is 7.89. The number of aryl methyl sites for hydroxylation is 1. The molecule has 0 aliphatic carbocycles. The Morgan fingerprint density at radius 2 is 2.27 bits per heavy atom. The second-order valence-electron chi connectivity index (χ2n) is 2.81. The third-order valence-electron chi connectivity index (χ3n) is 1.54. The number of hydrogen-bond acceptors (Lipinski definition) is 5. The summed E-state index contributed by atoms with van der Waals surface area (Å²) >= 11 is 0. The molecule has 1 amide bonds. The van der Waals surface area contributed by atoms with Crippen LogP contribution in [0.1, 0.15) is 16.4 Å². The lowest BCUT2D eigenvalue weighted by Gasteiger charge is -2.05. The summed E-state index contributed by atoms with van der Waals surface area (Å²) in [7, 11) is 0. The molecule has 0 fully saturated rings. The van der Waals surface area contributed by atoms with Gasteiger partial charge in [0.15, 0.2) is 6.10 Å². The second kappa shape index (κ2) is 4.51. The number of nitrogens with one attached hydrogen (secondary N) is 2. The first-order valence-corrected chi connectivity index (χ1v) is 4.08. The summed E-state index contributed by atoms with van der Waals surface area (Å²) < 4.78 is 0. The van der Waals surface area contributed by atoms with E-state index in [1.54, 1.807) is 6.92 Å². The van der Waals surface area contributed by atoms with Gasteiger partial charge in [-0.1, -0.05) is 0 Å². The Hall–Kier alpha value is -1.96. The molecule has 0 saturated carbocycles. The number of hydrogen-bond donors (Lipinski definition) is 4. The van der Waals surface area contributed by atoms with E-state index in [2.05, 4.69) is 20.5 Å². The number of nitrogens with zero attached hydrogens (tertiary/aromatic N) is 2. The van der Waals surface area contributed by atoms with Crippen LogP contribution in [0.2, 0.25) is 0 Å². The highest BCUT2D eigenvalue weighted by Crippen LogP contribution is 1.90. The molecule has 1 heterocycles. The number of H-pyrrole nitrogens is 1. The molecule has 0 saturated heterocycles. The number of carbonyl (C=O) groups is 2. The minimum Gasteiger partial charge on any atom is -0.479 e. The van der Waals surface area contributed by atoms with Crippen molar-refractivity contribution in [3.05, 3.63) is 11.6 Å². The molecule has 0 unspecified atom stereocenters. The normalized spacial score (nSPS) is 12.1. The molecule has 0 aliphatic rings. The van der Waals surface area contributed by atoms with Gasteiger partial charge in [0, 0.05) is 0 Å². The lowest BCUT2D eigenvalue weighted by molar-refractivity contribution is -0.146. The van der Waals surface area contributed by atoms with Crippen molar-refractivity contribution < 1.29 is 19.8 Å². The Balaban J connectivity index is 2.47. The Morgan fingerprint density at radius 3 is 2.73 bits per heavy atom. The molecule has 0 spiro atoms. The molecule has 82 valence electrons. The van der Waals surface area contributed by atoms with Crippen LogP contribution in [0.5, 0.6) is 0 Å². The number of carboxylic acid groups (broad SMARTS) is 1. The van der Waals surface area contributed by atoms with Crippen molar-refractivity contribution in [1.29, 1.82) is 0 Å². The SMILES string of the molecule is Cc1nc(C(=O)NC[C@H](O)C(=O)O)n[nH]1. The summed E-state index contributed by atoms with van der Waals surface area (Å²) in [6, 6.07) is 0. The standard InChI is InChI=1S/C7H10N4O4/c1-3-9-5(11-10-3)6(13)8-2-4(12)7(14)15/h4,12H,2H2,1H3,(H,8,13)(H,14,15)(H,9,10,11)/t4-/m0/s1. The molecule has 1 aromatic heterocycles.